The van der Waals surface area contributed by atoms with Crippen molar-refractivity contribution in [3.8, 4) is 28.1 Å². The molecule has 6 heteroatoms. The number of fused-ring (bicyclic) bond motifs is 8. The number of nitrogens with two attached hydrogens (primary N) is 1. The van der Waals surface area contributed by atoms with E-state index in [1.165, 1.54) is 66.1 Å². The lowest BCUT2D eigenvalue weighted by Gasteiger charge is -2.42. The molecule has 11 rings (SSSR count). The number of nitrogens with zero attached hydrogens (tertiary/aromatic N) is 4. The van der Waals surface area contributed by atoms with Crippen molar-refractivity contribution < 1.29 is 0 Å². The Morgan fingerprint density at radius 2 is 1.45 bits per heavy atom. The first-order valence-corrected chi connectivity index (χ1v) is 23.4. The van der Waals surface area contributed by atoms with E-state index in [0.717, 1.165) is 61.3 Å². The molecule has 4 aromatic heterocycles. The van der Waals surface area contributed by atoms with E-state index >= 15 is 0 Å². The number of hydrogen-bond acceptors (Lipinski definition) is 4. The number of pyridine rings is 2. The zero-order valence-corrected chi connectivity index (χ0v) is 39.0. The van der Waals surface area contributed by atoms with Gasteiger partial charge in [-0.1, -0.05) is 108 Å². The fraction of sp³-hybridized carbons (Fsp3) is 0.164. The molecule has 6 nitrogen and oxygen atoms in total. The molecule has 2 aliphatic rings. The molecular weight excluding hydrogens is 817 g/mol. The first-order chi connectivity index (χ1) is 32.6. The van der Waals surface area contributed by atoms with Gasteiger partial charge in [-0.05, 0) is 143 Å². The summed E-state index contributed by atoms with van der Waals surface area (Å²) in [4.78, 5) is 9.65. The Labute approximate surface area is 392 Å². The minimum absolute atomic E-state index is 0.126. The molecule has 2 aliphatic carbocycles. The normalized spacial score (nSPS) is 17.9. The summed E-state index contributed by atoms with van der Waals surface area (Å²) in [5.74, 6) is 0.727. The molecule has 4 heterocycles. The molecule has 0 amide bonds. The summed E-state index contributed by atoms with van der Waals surface area (Å²) >= 11 is 0. The summed E-state index contributed by atoms with van der Waals surface area (Å²) < 4.78 is 4.85. The van der Waals surface area contributed by atoms with Gasteiger partial charge in [-0.3, -0.25) is 15.4 Å². The van der Waals surface area contributed by atoms with E-state index in [1.807, 2.05) is 74.1 Å². The smallest absolute Gasteiger partial charge is 0.0777 e. The second kappa shape index (κ2) is 16.0. The van der Waals surface area contributed by atoms with Crippen molar-refractivity contribution in [2.75, 3.05) is 0 Å². The standard InChI is InChI=1S/C61H54N6/c1-9-12-19-44-34(4)25-27-65-59(44)41-22-24-53-49(29-41)51-31-47-36(6)35(5)46-30-50-48-28-40(58(63)45-20-14-13-17-39(45)11-3)21-23-52(48)66(42(32-62)16-10-2)60(50)54-37(7)38(8)55(57(47)56(46)54)61(51)67(53)43-18-15-26-64-33-43/h9-33,35-38,63H,1,3,62H2,2,4-8H3/b16-10-,19-12-,42-32+,63-58?. The summed E-state index contributed by atoms with van der Waals surface area (Å²) in [6.45, 7) is 21.9. The van der Waals surface area contributed by atoms with E-state index in [9.17, 15) is 5.41 Å². The maximum Gasteiger partial charge on any atom is 0.0777 e. The average molecular weight is 871 g/mol. The van der Waals surface area contributed by atoms with Crippen LogP contribution in [0.4, 0.5) is 0 Å². The molecule has 67 heavy (non-hydrogen) atoms. The van der Waals surface area contributed by atoms with E-state index in [2.05, 4.69) is 141 Å². The monoisotopic (exact) mass is 870 g/mol. The molecule has 0 bridgehead atoms. The highest BCUT2D eigenvalue weighted by atomic mass is 15.0. The summed E-state index contributed by atoms with van der Waals surface area (Å²) in [5.41, 5.74) is 28.9. The zero-order chi connectivity index (χ0) is 46.4. The molecule has 5 aromatic carbocycles. The van der Waals surface area contributed by atoms with Crippen LogP contribution in [-0.4, -0.2) is 24.8 Å². The van der Waals surface area contributed by atoms with Gasteiger partial charge in [0.25, 0.3) is 0 Å². The maximum absolute atomic E-state index is 9.50. The van der Waals surface area contributed by atoms with Gasteiger partial charge < -0.3 is 14.9 Å². The number of allylic oxidation sites excluding steroid dienone is 5. The molecule has 0 spiro atoms. The van der Waals surface area contributed by atoms with Gasteiger partial charge in [0.05, 0.1) is 51.1 Å². The van der Waals surface area contributed by atoms with Gasteiger partial charge in [-0.2, -0.15) is 0 Å². The minimum atomic E-state index is 0.126. The van der Waals surface area contributed by atoms with Crippen LogP contribution in [-0.2, 0) is 0 Å². The van der Waals surface area contributed by atoms with Crippen molar-refractivity contribution in [1.82, 2.24) is 19.1 Å². The topological polar surface area (TPSA) is 85.5 Å². The third-order valence-electron chi connectivity index (χ3n) is 15.2. The number of hydrogen-bond donors (Lipinski definition) is 2. The minimum Gasteiger partial charge on any atom is -0.403 e. The molecule has 4 unspecified atom stereocenters. The number of aromatic nitrogens is 4. The highest BCUT2D eigenvalue weighted by Gasteiger charge is 2.42. The average Bonchev–Trinajstić information content (AvgIpc) is 3.86. The summed E-state index contributed by atoms with van der Waals surface area (Å²) in [6.07, 6.45) is 19.4. The van der Waals surface area contributed by atoms with E-state index in [-0.39, 0.29) is 23.7 Å². The number of aryl methyl sites for hydroxylation is 1. The van der Waals surface area contributed by atoms with Crippen molar-refractivity contribution >= 4 is 67.2 Å². The third kappa shape index (κ3) is 6.05. The van der Waals surface area contributed by atoms with E-state index in [0.29, 0.717) is 5.71 Å². The maximum atomic E-state index is 9.50. The quantitative estimate of drug-likeness (QED) is 0.112. The summed E-state index contributed by atoms with van der Waals surface area (Å²) in [7, 11) is 0. The fourth-order valence-corrected chi connectivity index (χ4v) is 11.6. The number of rotatable bonds is 9. The largest absolute Gasteiger partial charge is 0.403 e. The van der Waals surface area contributed by atoms with Crippen molar-refractivity contribution in [2.24, 2.45) is 5.73 Å². The predicted molar refractivity (Wildman–Crippen MR) is 284 cm³/mol. The zero-order valence-electron chi connectivity index (χ0n) is 39.0. The van der Waals surface area contributed by atoms with Gasteiger partial charge in [-0.25, -0.2) is 0 Å². The van der Waals surface area contributed by atoms with Crippen LogP contribution in [0.15, 0.2) is 153 Å². The molecule has 9 aromatic rings. The third-order valence-corrected chi connectivity index (χ3v) is 15.2. The van der Waals surface area contributed by atoms with Crippen molar-refractivity contribution in [3.05, 3.63) is 203 Å². The Morgan fingerprint density at radius 3 is 2.13 bits per heavy atom. The molecule has 0 radical (unpaired) electrons. The van der Waals surface area contributed by atoms with Crippen LogP contribution >= 0.6 is 0 Å². The number of benzene rings is 5. The van der Waals surface area contributed by atoms with Gasteiger partial charge in [0.2, 0.25) is 0 Å². The van der Waals surface area contributed by atoms with Crippen LogP contribution in [0.25, 0.3) is 89.5 Å². The Kier molecular flexibility index (Phi) is 9.96. The van der Waals surface area contributed by atoms with E-state index in [1.54, 1.807) is 6.20 Å². The summed E-state index contributed by atoms with van der Waals surface area (Å²) in [5, 5.41) is 14.3. The highest BCUT2D eigenvalue weighted by molar-refractivity contribution is 6.20. The Hall–Kier alpha value is -7.83. The van der Waals surface area contributed by atoms with Gasteiger partial charge in [0.1, 0.15) is 0 Å². The Balaban J connectivity index is 1.25. The van der Waals surface area contributed by atoms with Crippen LogP contribution in [0.3, 0.4) is 0 Å². The second-order valence-electron chi connectivity index (χ2n) is 18.5. The SMILES string of the molecule is C=C/C=C\c1c(C)ccnc1-c1ccc2c(c1)c1cc3c4c(c1n2-c1cccnc1)C(C)C(C)c1c-4c(cc2c4cc(C(=N)c5ccccc5C=C)ccc4n(C(/C=C\C)=C/N)c12)C(C)C3C. The van der Waals surface area contributed by atoms with Gasteiger partial charge in [-0.15, -0.1) is 0 Å². The van der Waals surface area contributed by atoms with Crippen molar-refractivity contribution in [1.29, 1.82) is 5.41 Å². The first-order valence-electron chi connectivity index (χ1n) is 23.4. The number of nitrogens with one attached hydrogen (secondary N) is 1. The molecule has 328 valence electrons. The Morgan fingerprint density at radius 1 is 0.746 bits per heavy atom. The predicted octanol–water partition coefficient (Wildman–Crippen LogP) is 15.4. The van der Waals surface area contributed by atoms with Gasteiger partial charge >= 0.3 is 0 Å². The van der Waals surface area contributed by atoms with Crippen LogP contribution < -0.4 is 5.73 Å². The van der Waals surface area contributed by atoms with Crippen LogP contribution in [0.2, 0.25) is 0 Å². The summed E-state index contributed by atoms with van der Waals surface area (Å²) in [6, 6.07) is 32.7. The van der Waals surface area contributed by atoms with Crippen LogP contribution in [0, 0.1) is 12.3 Å². The fourth-order valence-electron chi connectivity index (χ4n) is 11.6. The first kappa shape index (κ1) is 41.8. The van der Waals surface area contributed by atoms with Crippen molar-refractivity contribution in [2.45, 2.75) is 65.2 Å². The lowest BCUT2D eigenvalue weighted by Crippen LogP contribution is -2.24. The molecule has 0 saturated carbocycles. The van der Waals surface area contributed by atoms with Gasteiger partial charge in [0.15, 0.2) is 0 Å². The van der Waals surface area contributed by atoms with E-state index < -0.39 is 0 Å². The Bertz CT molecular complexity index is 3680. The molecular formula is C61H54N6. The highest BCUT2D eigenvalue weighted by Crippen LogP contribution is 2.61. The van der Waals surface area contributed by atoms with Crippen LogP contribution in [0.5, 0.6) is 0 Å². The molecule has 3 N–H and O–H groups in total. The molecule has 4 atom stereocenters. The second-order valence-corrected chi connectivity index (χ2v) is 18.5. The van der Waals surface area contributed by atoms with Gasteiger partial charge in [0, 0.05) is 62.4 Å². The lowest BCUT2D eigenvalue weighted by atomic mass is 9.62. The van der Waals surface area contributed by atoms with Crippen LogP contribution in [0.1, 0.15) is 108 Å². The lowest BCUT2D eigenvalue weighted by molar-refractivity contribution is 0.584. The van der Waals surface area contributed by atoms with Crippen molar-refractivity contribution in [3.63, 3.8) is 0 Å². The molecule has 0 fully saturated rings. The van der Waals surface area contributed by atoms with E-state index in [4.69, 9.17) is 10.7 Å². The molecule has 0 saturated heterocycles. The molecule has 0 aliphatic heterocycles.